The van der Waals surface area contributed by atoms with E-state index < -0.39 is 0 Å². The van der Waals surface area contributed by atoms with Crippen LogP contribution < -0.4 is 5.56 Å². The van der Waals surface area contributed by atoms with Crippen LogP contribution in [0.1, 0.15) is 11.1 Å². The van der Waals surface area contributed by atoms with Gasteiger partial charge in [-0.25, -0.2) is 4.52 Å². The molecule has 0 aliphatic carbocycles. The lowest BCUT2D eigenvalue weighted by atomic mass is 10.0. The van der Waals surface area contributed by atoms with Crippen molar-refractivity contribution in [1.29, 1.82) is 0 Å². The molecule has 18 heavy (non-hydrogen) atoms. The highest BCUT2D eigenvalue weighted by Gasteiger charge is 2.08. The molecular weight excluding hydrogens is 226 g/mol. The van der Waals surface area contributed by atoms with Gasteiger partial charge in [-0.2, -0.15) is 5.10 Å². The summed E-state index contributed by atoms with van der Waals surface area (Å²) >= 11 is 0. The Morgan fingerprint density at radius 3 is 2.78 bits per heavy atom. The number of rotatable bonds is 1. The second kappa shape index (κ2) is 3.84. The summed E-state index contributed by atoms with van der Waals surface area (Å²) in [6.07, 6.45) is 3.33. The van der Waals surface area contributed by atoms with E-state index >= 15 is 0 Å². The van der Waals surface area contributed by atoms with Crippen LogP contribution in [-0.2, 0) is 0 Å². The Hall–Kier alpha value is -2.36. The normalized spacial score (nSPS) is 11.0. The molecule has 0 fully saturated rings. The minimum atomic E-state index is -0.124. The van der Waals surface area contributed by atoms with E-state index in [4.69, 9.17) is 0 Å². The molecule has 0 radical (unpaired) electrons. The summed E-state index contributed by atoms with van der Waals surface area (Å²) in [5.74, 6) is 0. The third-order valence-electron chi connectivity index (χ3n) is 3.06. The monoisotopic (exact) mass is 239 g/mol. The van der Waals surface area contributed by atoms with Crippen LogP contribution in [0.25, 0.3) is 16.8 Å². The first-order valence-electron chi connectivity index (χ1n) is 5.80. The molecule has 3 rings (SSSR count). The maximum atomic E-state index is 11.6. The van der Waals surface area contributed by atoms with E-state index in [9.17, 15) is 4.79 Å². The lowest BCUT2D eigenvalue weighted by molar-refractivity contribution is 0.939. The highest BCUT2D eigenvalue weighted by molar-refractivity contribution is 5.68. The van der Waals surface area contributed by atoms with Gasteiger partial charge in [-0.15, -0.1) is 0 Å². The summed E-state index contributed by atoms with van der Waals surface area (Å²) in [4.78, 5) is 14.3. The summed E-state index contributed by atoms with van der Waals surface area (Å²) in [5.41, 5.74) is 4.70. The van der Waals surface area contributed by atoms with Gasteiger partial charge in [0.1, 0.15) is 5.52 Å². The van der Waals surface area contributed by atoms with Gasteiger partial charge in [-0.1, -0.05) is 23.8 Å². The quantitative estimate of drug-likeness (QED) is 0.708. The second-order valence-corrected chi connectivity index (χ2v) is 4.47. The molecule has 0 spiro atoms. The van der Waals surface area contributed by atoms with Gasteiger partial charge >= 0.3 is 0 Å². The lowest BCUT2D eigenvalue weighted by Crippen LogP contribution is -2.07. The van der Waals surface area contributed by atoms with Gasteiger partial charge in [-0.3, -0.25) is 4.79 Å². The maximum absolute atomic E-state index is 11.6. The summed E-state index contributed by atoms with van der Waals surface area (Å²) < 4.78 is 1.60. The van der Waals surface area contributed by atoms with Crippen molar-refractivity contribution in [1.82, 2.24) is 14.6 Å². The van der Waals surface area contributed by atoms with Crippen molar-refractivity contribution in [2.45, 2.75) is 13.8 Å². The summed E-state index contributed by atoms with van der Waals surface area (Å²) in [5, 5.41) is 4.43. The number of hydrogen-bond acceptors (Lipinski definition) is 2. The van der Waals surface area contributed by atoms with E-state index in [1.807, 2.05) is 12.1 Å². The van der Waals surface area contributed by atoms with Gasteiger partial charge in [0.25, 0.3) is 5.56 Å². The Morgan fingerprint density at radius 1 is 1.22 bits per heavy atom. The zero-order valence-corrected chi connectivity index (χ0v) is 10.3. The number of hydrogen-bond donors (Lipinski definition) is 1. The Kier molecular flexibility index (Phi) is 2.30. The molecule has 4 heteroatoms. The molecule has 4 nitrogen and oxygen atoms in total. The third kappa shape index (κ3) is 1.62. The second-order valence-electron chi connectivity index (χ2n) is 4.47. The van der Waals surface area contributed by atoms with E-state index in [-0.39, 0.29) is 5.56 Å². The molecule has 0 atom stereocenters. The highest BCUT2D eigenvalue weighted by Crippen LogP contribution is 2.23. The van der Waals surface area contributed by atoms with E-state index in [0.717, 1.165) is 16.8 Å². The largest absolute Gasteiger partial charge is 0.326 e. The zero-order chi connectivity index (χ0) is 12.7. The fraction of sp³-hybridized carbons (Fsp3) is 0.143. The maximum Gasteiger partial charge on any atom is 0.273 e. The SMILES string of the molecule is Cc1ccc(-c2cc3c(=O)[nH]ccn3n2)c(C)c1. The third-order valence-corrected chi connectivity index (χ3v) is 3.06. The fourth-order valence-electron chi connectivity index (χ4n) is 2.17. The van der Waals surface area contributed by atoms with Crippen LogP contribution >= 0.6 is 0 Å². The van der Waals surface area contributed by atoms with E-state index in [1.54, 1.807) is 16.9 Å². The van der Waals surface area contributed by atoms with Crippen LogP contribution in [-0.4, -0.2) is 14.6 Å². The number of nitrogens with one attached hydrogen (secondary N) is 1. The van der Waals surface area contributed by atoms with Gasteiger partial charge in [-0.05, 0) is 25.5 Å². The van der Waals surface area contributed by atoms with Crippen molar-refractivity contribution >= 4 is 5.52 Å². The molecule has 0 amide bonds. The predicted octanol–water partition coefficient (Wildman–Crippen LogP) is 2.31. The van der Waals surface area contributed by atoms with Gasteiger partial charge < -0.3 is 4.98 Å². The number of aromatic amines is 1. The highest BCUT2D eigenvalue weighted by atomic mass is 16.1. The lowest BCUT2D eigenvalue weighted by Gasteiger charge is -2.02. The molecule has 1 N–H and O–H groups in total. The number of fused-ring (bicyclic) bond motifs is 1. The summed E-state index contributed by atoms with van der Waals surface area (Å²) in [6.45, 7) is 4.11. The van der Waals surface area contributed by atoms with Crippen molar-refractivity contribution in [3.8, 4) is 11.3 Å². The van der Waals surface area contributed by atoms with E-state index in [1.165, 1.54) is 5.56 Å². The number of nitrogens with zero attached hydrogens (tertiary/aromatic N) is 2. The molecule has 3 aromatic rings. The van der Waals surface area contributed by atoms with Crippen molar-refractivity contribution in [3.63, 3.8) is 0 Å². The smallest absolute Gasteiger partial charge is 0.273 e. The molecule has 90 valence electrons. The minimum absolute atomic E-state index is 0.124. The zero-order valence-electron chi connectivity index (χ0n) is 10.3. The summed E-state index contributed by atoms with van der Waals surface area (Å²) in [6, 6.07) is 8.03. The van der Waals surface area contributed by atoms with Crippen molar-refractivity contribution < 1.29 is 0 Å². The Bertz CT molecular complexity index is 783. The standard InChI is InChI=1S/C14H13N3O/c1-9-3-4-11(10(2)7-9)12-8-13-14(18)15-5-6-17(13)16-12/h3-8H,1-2H3,(H,15,18). The van der Waals surface area contributed by atoms with Crippen LogP contribution in [0, 0.1) is 13.8 Å². The molecule has 2 aromatic heterocycles. The molecule has 0 saturated carbocycles. The Balaban J connectivity index is 2.26. The van der Waals surface area contributed by atoms with Gasteiger partial charge in [0, 0.05) is 18.0 Å². The molecule has 0 bridgehead atoms. The van der Waals surface area contributed by atoms with Gasteiger partial charge in [0.15, 0.2) is 0 Å². The molecule has 1 aromatic carbocycles. The first-order valence-corrected chi connectivity index (χ1v) is 5.80. The predicted molar refractivity (Wildman–Crippen MR) is 70.7 cm³/mol. The molecular formula is C14H13N3O. The number of benzene rings is 1. The average Bonchev–Trinajstić information content (AvgIpc) is 2.74. The molecule has 0 aliphatic heterocycles. The topological polar surface area (TPSA) is 50.2 Å². The Labute approximate surface area is 104 Å². The fourth-order valence-corrected chi connectivity index (χ4v) is 2.17. The number of aromatic nitrogens is 3. The van der Waals surface area contributed by atoms with Crippen LogP contribution in [0.3, 0.4) is 0 Å². The van der Waals surface area contributed by atoms with Crippen LogP contribution in [0.4, 0.5) is 0 Å². The molecule has 0 saturated heterocycles. The molecule has 0 aliphatic rings. The minimum Gasteiger partial charge on any atom is -0.326 e. The van der Waals surface area contributed by atoms with Crippen molar-refractivity contribution in [2.24, 2.45) is 0 Å². The number of H-pyrrole nitrogens is 1. The number of aryl methyl sites for hydroxylation is 2. The first-order chi connectivity index (χ1) is 8.65. The Morgan fingerprint density at radius 2 is 2.06 bits per heavy atom. The van der Waals surface area contributed by atoms with Crippen LogP contribution in [0.5, 0.6) is 0 Å². The van der Waals surface area contributed by atoms with Crippen LogP contribution in [0.15, 0.2) is 41.5 Å². The first kappa shape index (κ1) is 10.8. The molecule has 2 heterocycles. The van der Waals surface area contributed by atoms with Gasteiger partial charge in [0.05, 0.1) is 5.69 Å². The van der Waals surface area contributed by atoms with Crippen molar-refractivity contribution in [3.05, 3.63) is 58.1 Å². The van der Waals surface area contributed by atoms with E-state index in [2.05, 4.69) is 36.1 Å². The summed E-state index contributed by atoms with van der Waals surface area (Å²) in [7, 11) is 0. The molecule has 0 unspecified atom stereocenters. The van der Waals surface area contributed by atoms with E-state index in [0.29, 0.717) is 5.52 Å². The average molecular weight is 239 g/mol. The van der Waals surface area contributed by atoms with Crippen LogP contribution in [0.2, 0.25) is 0 Å². The van der Waals surface area contributed by atoms with Crippen molar-refractivity contribution in [2.75, 3.05) is 0 Å². The van der Waals surface area contributed by atoms with Gasteiger partial charge in [0.2, 0.25) is 0 Å².